The first-order valence-corrected chi connectivity index (χ1v) is 25.6. The van der Waals surface area contributed by atoms with E-state index < -0.39 is 0 Å². The summed E-state index contributed by atoms with van der Waals surface area (Å²) in [5.74, 6) is 1.72. The first-order chi connectivity index (χ1) is 37.6. The molecule has 6 heteroatoms. The van der Waals surface area contributed by atoms with E-state index in [9.17, 15) is 0 Å². The Hall–Kier alpha value is -10.2. The van der Waals surface area contributed by atoms with Crippen molar-refractivity contribution in [2.45, 2.75) is 6.92 Å². The summed E-state index contributed by atoms with van der Waals surface area (Å²) in [7, 11) is 0. The molecule has 6 nitrogen and oxygen atoms in total. The summed E-state index contributed by atoms with van der Waals surface area (Å²) >= 11 is 0. The Morgan fingerprint density at radius 1 is 0.382 bits per heavy atom. The van der Waals surface area contributed by atoms with Gasteiger partial charge in [0, 0.05) is 55.0 Å². The lowest BCUT2D eigenvalue weighted by Crippen LogP contribution is -2.04. The number of para-hydroxylation sites is 2. The van der Waals surface area contributed by atoms with Crippen LogP contribution in [0.2, 0.25) is 0 Å². The zero-order valence-electron chi connectivity index (χ0n) is 41.6. The Kier molecular flexibility index (Phi) is 10.8. The quantitative estimate of drug-likeness (QED) is 0.128. The van der Waals surface area contributed by atoms with Crippen LogP contribution in [0.3, 0.4) is 0 Å². The molecule has 14 rings (SSSR count). The van der Waals surface area contributed by atoms with Crippen molar-refractivity contribution in [1.82, 2.24) is 24.1 Å². The van der Waals surface area contributed by atoms with Crippen molar-refractivity contribution < 1.29 is 4.42 Å². The van der Waals surface area contributed by atoms with Gasteiger partial charge in [0.25, 0.3) is 0 Å². The summed E-state index contributed by atoms with van der Waals surface area (Å²) < 4.78 is 12.2. The number of rotatable bonds is 10. The molecule has 0 radical (unpaired) electrons. The molecule has 0 aliphatic heterocycles. The van der Waals surface area contributed by atoms with Crippen LogP contribution in [0.25, 0.3) is 140 Å². The topological polar surface area (TPSA) is 61.7 Å². The number of hydrogen-bond acceptors (Lipinski definition) is 4. The number of aryl methyl sites for hydroxylation is 1. The fourth-order valence-electron chi connectivity index (χ4n) is 11.2. The van der Waals surface area contributed by atoms with Crippen molar-refractivity contribution in [2.75, 3.05) is 0 Å². The van der Waals surface area contributed by atoms with Gasteiger partial charge in [0.2, 0.25) is 0 Å². The van der Waals surface area contributed by atoms with Crippen molar-refractivity contribution in [3.05, 3.63) is 267 Å². The van der Waals surface area contributed by atoms with Crippen molar-refractivity contribution in [3.8, 4) is 78.9 Å². The molecule has 76 heavy (non-hydrogen) atoms. The maximum absolute atomic E-state index is 7.47. The van der Waals surface area contributed by atoms with E-state index in [-0.39, 0.29) is 0 Å². The highest BCUT2D eigenvalue weighted by Gasteiger charge is 2.26. The third kappa shape index (κ3) is 7.38. The number of hydrogen-bond donors (Lipinski definition) is 0. The van der Waals surface area contributed by atoms with Gasteiger partial charge < -0.3 is 13.6 Å². The minimum absolute atomic E-state index is 0.557. The van der Waals surface area contributed by atoms with E-state index in [1.54, 1.807) is 0 Å². The Bertz CT molecular complexity index is 4570. The molecule has 14 aromatic rings. The summed E-state index contributed by atoms with van der Waals surface area (Å²) in [6.07, 6.45) is 5.98. The fourth-order valence-corrected chi connectivity index (χ4v) is 11.2. The van der Waals surface area contributed by atoms with Crippen molar-refractivity contribution in [3.63, 3.8) is 0 Å². The van der Waals surface area contributed by atoms with Gasteiger partial charge in [0.05, 0.1) is 22.2 Å². The summed E-state index contributed by atoms with van der Waals surface area (Å²) in [5.41, 5.74) is 18.2. The lowest BCUT2D eigenvalue weighted by molar-refractivity contribution is 0.673. The third-order valence-corrected chi connectivity index (χ3v) is 14.8. The summed E-state index contributed by atoms with van der Waals surface area (Å²) in [6.45, 7) is 6.22. The standard InChI is InChI=1S/C70H47N5O/c1-3-4-30-61-45(2)53-41-43-57-58-44-42-56-55-27-16-18-31-62(55)75(65(56)67(58)76-66(57)64(53)74(61)52-39-37-49(38-40-52)47-22-10-6-11-23-47)63-32-19-17-29-60(63)70-72-68(51-35-33-48(34-36-51)46-20-8-5-9-21-46)71-69(73-70)59-28-15-14-26-54(59)50-24-12-7-13-25-50/h3-44H,1H2,2H3/b30-4-. The second-order valence-electron chi connectivity index (χ2n) is 19.2. The number of aromatic nitrogens is 5. The van der Waals surface area contributed by atoms with E-state index in [0.29, 0.717) is 17.5 Å². The lowest BCUT2D eigenvalue weighted by atomic mass is 9.99. The minimum Gasteiger partial charge on any atom is -0.452 e. The molecule has 0 saturated heterocycles. The molecule has 4 aromatic heterocycles. The van der Waals surface area contributed by atoms with Crippen molar-refractivity contribution in [2.24, 2.45) is 0 Å². The molecule has 0 N–H and O–H groups in total. The molecule has 0 saturated carbocycles. The average Bonchev–Trinajstić information content (AvgIpc) is 4.31. The van der Waals surface area contributed by atoms with Crippen LogP contribution in [0, 0.1) is 6.92 Å². The molecule has 0 unspecified atom stereocenters. The highest BCUT2D eigenvalue weighted by atomic mass is 16.3. The van der Waals surface area contributed by atoms with Crippen LogP contribution in [0.4, 0.5) is 0 Å². The van der Waals surface area contributed by atoms with Gasteiger partial charge in [-0.25, -0.2) is 15.0 Å². The fraction of sp³-hybridized carbons (Fsp3) is 0.0143. The molecular formula is C70H47N5O. The number of furan rings is 1. The monoisotopic (exact) mass is 973 g/mol. The Labute approximate surface area is 439 Å². The summed E-state index contributed by atoms with van der Waals surface area (Å²) in [5, 5.41) is 5.38. The van der Waals surface area contributed by atoms with Crippen LogP contribution in [-0.2, 0) is 0 Å². The van der Waals surface area contributed by atoms with Crippen LogP contribution >= 0.6 is 0 Å². The number of fused-ring (bicyclic) bond motifs is 9. The van der Waals surface area contributed by atoms with E-state index in [1.165, 1.54) is 5.56 Å². The summed E-state index contributed by atoms with van der Waals surface area (Å²) in [6, 6.07) is 83.1. The van der Waals surface area contributed by atoms with Crippen LogP contribution in [-0.4, -0.2) is 24.1 Å². The largest absolute Gasteiger partial charge is 0.452 e. The van der Waals surface area contributed by atoms with E-state index in [2.05, 4.69) is 253 Å². The molecule has 0 atom stereocenters. The number of nitrogens with zero attached hydrogens (tertiary/aromatic N) is 5. The third-order valence-electron chi connectivity index (χ3n) is 14.8. The van der Waals surface area contributed by atoms with E-state index in [4.69, 9.17) is 19.4 Å². The van der Waals surface area contributed by atoms with Gasteiger partial charge in [-0.15, -0.1) is 0 Å². The highest BCUT2D eigenvalue weighted by molar-refractivity contribution is 6.24. The van der Waals surface area contributed by atoms with Gasteiger partial charge >= 0.3 is 0 Å². The predicted octanol–water partition coefficient (Wildman–Crippen LogP) is 18.3. The SMILES string of the molecule is C=C/C=C\c1c(C)c2ccc3c4ccc5c6ccccc6n(-c6ccccc6-c6nc(-c7ccc(-c8ccccc8)cc7)nc(-c7ccccc7-c7ccccc7)n6)c5c4oc3c2n1-c1ccc(-c2ccccc2)cc1. The number of benzene rings is 10. The van der Waals surface area contributed by atoms with Gasteiger partial charge in [-0.2, -0.15) is 0 Å². The van der Waals surface area contributed by atoms with Gasteiger partial charge in [-0.3, -0.25) is 0 Å². The molecule has 4 heterocycles. The number of allylic oxidation sites excluding steroid dienone is 2. The molecule has 0 spiro atoms. The van der Waals surface area contributed by atoms with E-state index in [1.807, 2.05) is 24.3 Å². The minimum atomic E-state index is 0.557. The molecule has 0 fully saturated rings. The summed E-state index contributed by atoms with van der Waals surface area (Å²) in [4.78, 5) is 16.1. The lowest BCUT2D eigenvalue weighted by Gasteiger charge is -2.15. The zero-order chi connectivity index (χ0) is 50.7. The molecule has 10 aromatic carbocycles. The maximum Gasteiger partial charge on any atom is 0.166 e. The van der Waals surface area contributed by atoms with Crippen LogP contribution in [0.5, 0.6) is 0 Å². The van der Waals surface area contributed by atoms with E-state index in [0.717, 1.165) is 122 Å². The molecular weight excluding hydrogens is 927 g/mol. The molecule has 0 aliphatic rings. The second-order valence-corrected chi connectivity index (χ2v) is 19.2. The van der Waals surface area contributed by atoms with E-state index >= 15 is 0 Å². The molecule has 0 aliphatic carbocycles. The molecule has 0 amide bonds. The van der Waals surface area contributed by atoms with Crippen LogP contribution in [0.15, 0.2) is 260 Å². The highest BCUT2D eigenvalue weighted by Crippen LogP contribution is 2.45. The van der Waals surface area contributed by atoms with Gasteiger partial charge in [-0.05, 0) is 94.4 Å². The Balaban J connectivity index is 1.01. The Morgan fingerprint density at radius 3 is 1.51 bits per heavy atom. The first kappa shape index (κ1) is 44.5. The van der Waals surface area contributed by atoms with Gasteiger partial charge in [0.15, 0.2) is 28.6 Å². The van der Waals surface area contributed by atoms with Crippen molar-refractivity contribution in [1.29, 1.82) is 0 Å². The van der Waals surface area contributed by atoms with Crippen LogP contribution in [0.1, 0.15) is 11.3 Å². The zero-order valence-corrected chi connectivity index (χ0v) is 41.6. The first-order valence-electron chi connectivity index (χ1n) is 25.6. The molecule has 0 bridgehead atoms. The maximum atomic E-state index is 7.47. The normalized spacial score (nSPS) is 11.8. The van der Waals surface area contributed by atoms with Gasteiger partial charge in [-0.1, -0.05) is 213 Å². The predicted molar refractivity (Wildman–Crippen MR) is 315 cm³/mol. The average molecular weight is 974 g/mol. The second kappa shape index (κ2) is 18.4. The Morgan fingerprint density at radius 2 is 0.855 bits per heavy atom. The van der Waals surface area contributed by atoms with Gasteiger partial charge in [0.1, 0.15) is 0 Å². The van der Waals surface area contributed by atoms with Crippen LogP contribution < -0.4 is 0 Å². The smallest absolute Gasteiger partial charge is 0.166 e. The van der Waals surface area contributed by atoms with Crippen molar-refractivity contribution >= 4 is 60.7 Å². The molecule has 358 valence electrons.